The molecular weight excluding hydrogens is 292 g/mol. The molecule has 2 heterocycles. The van der Waals surface area contributed by atoms with Crippen LogP contribution in [0.3, 0.4) is 0 Å². The van der Waals surface area contributed by atoms with Crippen molar-refractivity contribution in [2.24, 2.45) is 5.92 Å². The van der Waals surface area contributed by atoms with E-state index in [0.29, 0.717) is 17.1 Å². The summed E-state index contributed by atoms with van der Waals surface area (Å²) < 4.78 is 25.8. The van der Waals surface area contributed by atoms with Gasteiger partial charge in [-0.15, -0.1) is 0 Å². The molecule has 1 aromatic heterocycles. The number of hydrogen-bond donors (Lipinski definition) is 1. The number of benzene rings is 1. The highest BCUT2D eigenvalue weighted by Gasteiger charge is 2.28. The van der Waals surface area contributed by atoms with Gasteiger partial charge in [-0.05, 0) is 30.1 Å². The highest BCUT2D eigenvalue weighted by Crippen LogP contribution is 2.25. The Morgan fingerprint density at radius 2 is 2.05 bits per heavy atom. The average molecular weight is 308 g/mol. The zero-order valence-corrected chi connectivity index (χ0v) is 12.6. The molecule has 6 heteroatoms. The van der Waals surface area contributed by atoms with Crippen LogP contribution in [0.1, 0.15) is 6.42 Å². The van der Waals surface area contributed by atoms with Crippen LogP contribution in [0.15, 0.2) is 36.5 Å². The Balaban J connectivity index is 1.91. The van der Waals surface area contributed by atoms with Gasteiger partial charge in [-0.1, -0.05) is 30.3 Å². The number of sulfone groups is 1. The maximum atomic E-state index is 11.6. The van der Waals surface area contributed by atoms with Crippen LogP contribution < -0.4 is 0 Å². The summed E-state index contributed by atoms with van der Waals surface area (Å²) in [6.45, 7) is 0.659. The van der Waals surface area contributed by atoms with Crippen LogP contribution in [-0.4, -0.2) is 29.5 Å². The first-order valence-electron chi connectivity index (χ1n) is 6.59. The monoisotopic (exact) mass is 308 g/mol. The molecule has 1 fully saturated rings. The third-order valence-corrected chi connectivity index (χ3v) is 5.88. The normalized spacial score (nSPS) is 21.1. The summed E-state index contributed by atoms with van der Waals surface area (Å²) in [5.41, 5.74) is 2.10. The molecule has 0 amide bonds. The minimum absolute atomic E-state index is 0.157. The van der Waals surface area contributed by atoms with Gasteiger partial charge < -0.3 is 9.55 Å². The molecule has 0 radical (unpaired) electrons. The summed E-state index contributed by atoms with van der Waals surface area (Å²) in [5.74, 6) is 0.731. The second-order valence-corrected chi connectivity index (χ2v) is 7.84. The Labute approximate surface area is 123 Å². The quantitative estimate of drug-likeness (QED) is 0.887. The summed E-state index contributed by atoms with van der Waals surface area (Å²) in [6.07, 6.45) is 2.62. The highest BCUT2D eigenvalue weighted by molar-refractivity contribution is 7.91. The molecule has 1 aliphatic rings. The minimum Gasteiger partial charge on any atom is -0.337 e. The van der Waals surface area contributed by atoms with E-state index in [4.69, 9.17) is 12.2 Å². The first-order valence-corrected chi connectivity index (χ1v) is 8.82. The summed E-state index contributed by atoms with van der Waals surface area (Å²) >= 11 is 5.32. The molecule has 0 bridgehead atoms. The lowest BCUT2D eigenvalue weighted by Gasteiger charge is -2.12. The van der Waals surface area contributed by atoms with Gasteiger partial charge in [0.15, 0.2) is 14.6 Å². The van der Waals surface area contributed by atoms with Crippen molar-refractivity contribution in [3.63, 3.8) is 0 Å². The van der Waals surface area contributed by atoms with Gasteiger partial charge in [-0.2, -0.15) is 0 Å². The van der Waals surface area contributed by atoms with E-state index in [1.807, 2.05) is 41.1 Å². The fourth-order valence-corrected chi connectivity index (χ4v) is 4.78. The van der Waals surface area contributed by atoms with Crippen LogP contribution >= 0.6 is 12.2 Å². The standard InChI is InChI=1S/C14H16N2O2S2/c17-20(18)7-6-11(10-20)9-16-13(8-15-14(16)19)12-4-2-1-3-5-12/h1-5,8,11H,6-7,9-10H2,(H,15,19). The molecule has 1 saturated heterocycles. The molecular formula is C14H16N2O2S2. The first kappa shape index (κ1) is 13.6. The summed E-state index contributed by atoms with van der Waals surface area (Å²) in [5, 5.41) is 0. The molecule has 0 spiro atoms. The number of H-pyrrole nitrogens is 1. The lowest BCUT2D eigenvalue weighted by molar-refractivity contribution is 0.490. The van der Waals surface area contributed by atoms with Crippen molar-refractivity contribution >= 4 is 22.1 Å². The molecule has 1 N–H and O–H groups in total. The second-order valence-electron chi connectivity index (χ2n) is 5.22. The van der Waals surface area contributed by atoms with E-state index in [1.165, 1.54) is 0 Å². The van der Waals surface area contributed by atoms with Crippen LogP contribution in [-0.2, 0) is 16.4 Å². The third-order valence-electron chi connectivity index (χ3n) is 3.71. The molecule has 106 valence electrons. The van der Waals surface area contributed by atoms with Crippen molar-refractivity contribution in [1.82, 2.24) is 9.55 Å². The molecule has 1 unspecified atom stereocenters. The Bertz CT molecular complexity index is 760. The van der Waals surface area contributed by atoms with Crippen LogP contribution in [0.2, 0.25) is 0 Å². The van der Waals surface area contributed by atoms with Gasteiger partial charge in [-0.3, -0.25) is 0 Å². The van der Waals surface area contributed by atoms with Gasteiger partial charge in [0.1, 0.15) is 0 Å². The van der Waals surface area contributed by atoms with Crippen molar-refractivity contribution in [2.45, 2.75) is 13.0 Å². The fraction of sp³-hybridized carbons (Fsp3) is 0.357. The molecule has 2 aromatic rings. The molecule has 4 nitrogen and oxygen atoms in total. The average Bonchev–Trinajstić information content (AvgIpc) is 2.95. The van der Waals surface area contributed by atoms with Gasteiger partial charge in [0.25, 0.3) is 0 Å². The maximum Gasteiger partial charge on any atom is 0.177 e. The number of rotatable bonds is 3. The van der Waals surface area contributed by atoms with Crippen LogP contribution in [0, 0.1) is 10.7 Å². The lowest BCUT2D eigenvalue weighted by atomic mass is 10.1. The molecule has 20 heavy (non-hydrogen) atoms. The van der Waals surface area contributed by atoms with E-state index < -0.39 is 9.84 Å². The third kappa shape index (κ3) is 2.71. The number of aromatic amines is 1. The summed E-state index contributed by atoms with van der Waals surface area (Å²) in [7, 11) is -2.85. The van der Waals surface area contributed by atoms with E-state index in [2.05, 4.69) is 4.98 Å². The van der Waals surface area contributed by atoms with E-state index in [1.54, 1.807) is 0 Å². The number of aromatic nitrogens is 2. The van der Waals surface area contributed by atoms with E-state index >= 15 is 0 Å². The SMILES string of the molecule is O=S1(=O)CCC(Cn2c(-c3ccccc3)c[nH]c2=S)C1. The molecule has 1 aliphatic heterocycles. The molecule has 3 rings (SSSR count). The smallest absolute Gasteiger partial charge is 0.177 e. The maximum absolute atomic E-state index is 11.6. The number of nitrogens with zero attached hydrogens (tertiary/aromatic N) is 1. The van der Waals surface area contributed by atoms with Gasteiger partial charge in [0.05, 0.1) is 17.2 Å². The zero-order chi connectivity index (χ0) is 14.2. The fourth-order valence-electron chi connectivity index (χ4n) is 2.70. The van der Waals surface area contributed by atoms with Crippen molar-refractivity contribution in [1.29, 1.82) is 0 Å². The van der Waals surface area contributed by atoms with Crippen molar-refractivity contribution in [3.8, 4) is 11.3 Å². The Morgan fingerprint density at radius 1 is 1.30 bits per heavy atom. The molecule has 1 atom stereocenters. The van der Waals surface area contributed by atoms with Crippen LogP contribution in [0.4, 0.5) is 0 Å². The predicted molar refractivity (Wildman–Crippen MR) is 81.8 cm³/mol. The van der Waals surface area contributed by atoms with Crippen LogP contribution in [0.25, 0.3) is 11.3 Å². The summed E-state index contributed by atoms with van der Waals surface area (Å²) in [4.78, 5) is 3.06. The number of nitrogens with one attached hydrogen (secondary N) is 1. The largest absolute Gasteiger partial charge is 0.337 e. The zero-order valence-electron chi connectivity index (χ0n) is 11.0. The van der Waals surface area contributed by atoms with Crippen molar-refractivity contribution < 1.29 is 8.42 Å². The molecule has 0 saturated carbocycles. The van der Waals surface area contributed by atoms with E-state index in [0.717, 1.165) is 17.7 Å². The highest BCUT2D eigenvalue weighted by atomic mass is 32.2. The molecule has 1 aromatic carbocycles. The van der Waals surface area contributed by atoms with E-state index in [-0.39, 0.29) is 11.7 Å². The first-order chi connectivity index (χ1) is 9.55. The topological polar surface area (TPSA) is 54.9 Å². The lowest BCUT2D eigenvalue weighted by Crippen LogP contribution is -2.13. The second kappa shape index (κ2) is 5.18. The number of hydrogen-bond acceptors (Lipinski definition) is 3. The van der Waals surface area contributed by atoms with Gasteiger partial charge in [0.2, 0.25) is 0 Å². The summed E-state index contributed by atoms with van der Waals surface area (Å²) in [6, 6.07) is 9.99. The van der Waals surface area contributed by atoms with Gasteiger partial charge in [-0.25, -0.2) is 8.42 Å². The van der Waals surface area contributed by atoms with Crippen molar-refractivity contribution in [3.05, 3.63) is 41.3 Å². The Kier molecular flexibility index (Phi) is 3.52. The van der Waals surface area contributed by atoms with Crippen molar-refractivity contribution in [2.75, 3.05) is 11.5 Å². The van der Waals surface area contributed by atoms with E-state index in [9.17, 15) is 8.42 Å². The number of imidazole rings is 1. The van der Waals surface area contributed by atoms with Gasteiger partial charge in [0, 0.05) is 12.7 Å². The van der Waals surface area contributed by atoms with Crippen LogP contribution in [0.5, 0.6) is 0 Å². The minimum atomic E-state index is -2.85. The predicted octanol–water partition coefficient (Wildman–Crippen LogP) is 2.65. The Hall–Kier alpha value is -1.40. The molecule has 0 aliphatic carbocycles. The Morgan fingerprint density at radius 3 is 2.70 bits per heavy atom. The van der Waals surface area contributed by atoms with Gasteiger partial charge >= 0.3 is 0 Å².